The zero-order chi connectivity index (χ0) is 8.01. The highest BCUT2D eigenvalue weighted by atomic mass is 16.5. The van der Waals surface area contributed by atoms with Crippen molar-refractivity contribution in [3.8, 4) is 0 Å². The zero-order valence-corrected chi connectivity index (χ0v) is 6.49. The van der Waals surface area contributed by atoms with Crippen molar-refractivity contribution >= 4 is 5.97 Å². The molecule has 0 aromatic rings. The maximum atomic E-state index is 11.1. The van der Waals surface area contributed by atoms with Gasteiger partial charge in [0.1, 0.15) is 0 Å². The number of methoxy groups -OCH3 is 1. The number of hydrogen-bond acceptors (Lipinski definition) is 3. The lowest BCUT2D eigenvalue weighted by molar-refractivity contribution is -0.153. The molecule has 3 rings (SSSR count). The predicted octanol–water partition coefficient (Wildman–Crippen LogP) is 0.176. The average molecular weight is 156 g/mol. The van der Waals surface area contributed by atoms with Gasteiger partial charge in [0.2, 0.25) is 0 Å². The number of carbonyl (C=O) groups is 1. The van der Waals surface area contributed by atoms with E-state index in [-0.39, 0.29) is 23.9 Å². The molecule has 3 nitrogen and oxygen atoms in total. The van der Waals surface area contributed by atoms with Crippen LogP contribution >= 0.6 is 0 Å². The van der Waals surface area contributed by atoms with Gasteiger partial charge in [-0.2, -0.15) is 0 Å². The molecule has 2 bridgehead atoms. The first-order chi connectivity index (χ1) is 5.24. The lowest BCUT2D eigenvalue weighted by Crippen LogP contribution is -2.37. The lowest BCUT2D eigenvalue weighted by atomic mass is 9.72. The Morgan fingerprint density at radius 2 is 2.27 bits per heavy atom. The van der Waals surface area contributed by atoms with Crippen molar-refractivity contribution in [1.29, 1.82) is 0 Å². The van der Waals surface area contributed by atoms with Crippen LogP contribution in [0.1, 0.15) is 12.8 Å². The third-order valence-electron chi connectivity index (χ3n) is 3.06. The summed E-state index contributed by atoms with van der Waals surface area (Å²) in [5.74, 6) is 0.479. The highest BCUT2D eigenvalue weighted by molar-refractivity contribution is 5.74. The van der Waals surface area contributed by atoms with E-state index >= 15 is 0 Å². The minimum atomic E-state index is -0.246. The molecule has 11 heavy (non-hydrogen) atoms. The van der Waals surface area contributed by atoms with Crippen molar-refractivity contribution in [2.75, 3.05) is 7.11 Å². The quantitative estimate of drug-likeness (QED) is 0.551. The number of rotatable bonds is 1. The van der Waals surface area contributed by atoms with Crippen molar-refractivity contribution in [2.24, 2.45) is 17.8 Å². The Labute approximate surface area is 65.4 Å². The van der Waals surface area contributed by atoms with Crippen LogP contribution in [0.5, 0.6) is 0 Å². The Bertz CT molecular complexity index is 190. The second-order valence-electron chi connectivity index (χ2n) is 3.51. The summed E-state index contributed by atoms with van der Waals surface area (Å²) in [6, 6.07) is 0. The fourth-order valence-corrected chi connectivity index (χ4v) is 2.42. The molecule has 0 aromatic heterocycles. The molecule has 3 aliphatic rings. The van der Waals surface area contributed by atoms with Gasteiger partial charge in [-0.1, -0.05) is 0 Å². The van der Waals surface area contributed by atoms with E-state index in [2.05, 4.69) is 4.74 Å². The number of ether oxygens (including phenoxy) is 1. The summed E-state index contributed by atoms with van der Waals surface area (Å²) in [6.07, 6.45) is 1.56. The smallest absolute Gasteiger partial charge is 0.309 e. The summed E-state index contributed by atoms with van der Waals surface area (Å²) in [6.45, 7) is 0. The molecule has 0 saturated heterocycles. The second kappa shape index (κ2) is 2.21. The molecule has 3 heteroatoms. The molecule has 4 atom stereocenters. The Morgan fingerprint density at radius 3 is 2.64 bits per heavy atom. The standard InChI is InChI=1S/C8H12O3/c1-11-8(10)7-4-2-5(7)6(9)3-4/h4-7,9H,2-3H2,1H3/t4-,5+,6-,7-/m1/s1. The molecule has 0 aliphatic heterocycles. The van der Waals surface area contributed by atoms with Crippen LogP contribution in [-0.2, 0) is 9.53 Å². The lowest BCUT2D eigenvalue weighted by Gasteiger charge is -2.33. The normalized spacial score (nSPS) is 46.7. The Morgan fingerprint density at radius 1 is 1.55 bits per heavy atom. The summed E-state index contributed by atoms with van der Waals surface area (Å²) >= 11 is 0. The summed E-state index contributed by atoms with van der Waals surface area (Å²) in [4.78, 5) is 11.1. The van der Waals surface area contributed by atoms with Gasteiger partial charge >= 0.3 is 5.97 Å². The van der Waals surface area contributed by atoms with Crippen LogP contribution in [-0.4, -0.2) is 24.3 Å². The minimum Gasteiger partial charge on any atom is -0.469 e. The monoisotopic (exact) mass is 156 g/mol. The molecule has 0 unspecified atom stereocenters. The van der Waals surface area contributed by atoms with Gasteiger partial charge in [0, 0.05) is 0 Å². The Hall–Kier alpha value is -0.570. The second-order valence-corrected chi connectivity index (χ2v) is 3.51. The topological polar surface area (TPSA) is 46.5 Å². The Kier molecular flexibility index (Phi) is 1.42. The van der Waals surface area contributed by atoms with Crippen molar-refractivity contribution in [2.45, 2.75) is 18.9 Å². The first-order valence-corrected chi connectivity index (χ1v) is 4.00. The number of esters is 1. The van der Waals surface area contributed by atoms with E-state index in [9.17, 15) is 9.90 Å². The number of aliphatic hydroxyl groups excluding tert-OH is 1. The maximum Gasteiger partial charge on any atom is 0.309 e. The molecule has 0 heterocycles. The van der Waals surface area contributed by atoms with Crippen LogP contribution in [0.25, 0.3) is 0 Å². The van der Waals surface area contributed by atoms with Crippen molar-refractivity contribution in [1.82, 2.24) is 0 Å². The highest BCUT2D eigenvalue weighted by Gasteiger charge is 2.56. The molecule has 62 valence electrons. The van der Waals surface area contributed by atoms with E-state index in [4.69, 9.17) is 0 Å². The zero-order valence-electron chi connectivity index (χ0n) is 6.49. The third-order valence-corrected chi connectivity index (χ3v) is 3.06. The van der Waals surface area contributed by atoms with Gasteiger partial charge in [0.25, 0.3) is 0 Å². The van der Waals surface area contributed by atoms with E-state index in [0.717, 1.165) is 12.8 Å². The number of hydrogen-bond donors (Lipinski definition) is 1. The molecule has 1 N–H and O–H groups in total. The third kappa shape index (κ3) is 0.805. The van der Waals surface area contributed by atoms with Crippen molar-refractivity contribution in [3.05, 3.63) is 0 Å². The molecule has 3 fully saturated rings. The van der Waals surface area contributed by atoms with Crippen LogP contribution in [0.15, 0.2) is 0 Å². The number of fused-ring (bicyclic) bond motifs is 1. The SMILES string of the molecule is COC(=O)[C@@H]1[C@@H]2C[C@H]1[C@H](O)C2. The number of carbonyl (C=O) groups excluding carboxylic acids is 1. The largest absolute Gasteiger partial charge is 0.469 e. The fraction of sp³-hybridized carbons (Fsp3) is 0.875. The molecule has 0 aromatic carbocycles. The van der Waals surface area contributed by atoms with Gasteiger partial charge < -0.3 is 9.84 Å². The first kappa shape index (κ1) is 7.10. The van der Waals surface area contributed by atoms with E-state index < -0.39 is 0 Å². The van der Waals surface area contributed by atoms with Gasteiger partial charge in [0.15, 0.2) is 0 Å². The van der Waals surface area contributed by atoms with Crippen LogP contribution in [0.3, 0.4) is 0 Å². The number of aliphatic hydroxyl groups is 1. The molecule has 0 amide bonds. The molecule has 3 aliphatic carbocycles. The van der Waals surface area contributed by atoms with E-state index in [1.54, 1.807) is 0 Å². The predicted molar refractivity (Wildman–Crippen MR) is 37.7 cm³/mol. The first-order valence-electron chi connectivity index (χ1n) is 4.00. The van der Waals surface area contributed by atoms with Gasteiger partial charge in [0.05, 0.1) is 19.1 Å². The molecule has 0 spiro atoms. The van der Waals surface area contributed by atoms with E-state index in [1.807, 2.05) is 0 Å². The summed E-state index contributed by atoms with van der Waals surface area (Å²) in [5.41, 5.74) is 0. The van der Waals surface area contributed by atoms with Crippen LogP contribution in [0.4, 0.5) is 0 Å². The van der Waals surface area contributed by atoms with E-state index in [1.165, 1.54) is 7.11 Å². The van der Waals surface area contributed by atoms with Crippen LogP contribution in [0, 0.1) is 17.8 Å². The maximum absolute atomic E-state index is 11.1. The van der Waals surface area contributed by atoms with Gasteiger partial charge in [-0.25, -0.2) is 0 Å². The minimum absolute atomic E-state index is 0.00926. The van der Waals surface area contributed by atoms with Gasteiger partial charge in [-0.05, 0) is 24.7 Å². The Balaban J connectivity index is 2.05. The highest BCUT2D eigenvalue weighted by Crippen LogP contribution is 2.53. The summed E-state index contributed by atoms with van der Waals surface area (Å²) in [5, 5.41) is 9.35. The molecular formula is C8H12O3. The molecular weight excluding hydrogens is 144 g/mol. The fourth-order valence-electron chi connectivity index (χ4n) is 2.42. The van der Waals surface area contributed by atoms with Gasteiger partial charge in [-0.15, -0.1) is 0 Å². The van der Waals surface area contributed by atoms with Crippen LogP contribution < -0.4 is 0 Å². The molecule has 3 saturated carbocycles. The summed E-state index contributed by atoms with van der Waals surface area (Å²) < 4.78 is 4.63. The van der Waals surface area contributed by atoms with Crippen LogP contribution in [0.2, 0.25) is 0 Å². The van der Waals surface area contributed by atoms with Crippen molar-refractivity contribution < 1.29 is 14.6 Å². The van der Waals surface area contributed by atoms with E-state index in [0.29, 0.717) is 5.92 Å². The average Bonchev–Trinajstić information content (AvgIpc) is 2.43. The van der Waals surface area contributed by atoms with Gasteiger partial charge in [-0.3, -0.25) is 4.79 Å². The summed E-state index contributed by atoms with van der Waals surface area (Å²) in [7, 11) is 1.41. The molecule has 0 radical (unpaired) electrons. The van der Waals surface area contributed by atoms with Crippen molar-refractivity contribution in [3.63, 3.8) is 0 Å².